The van der Waals surface area contributed by atoms with Gasteiger partial charge in [-0.3, -0.25) is 4.79 Å². The topological polar surface area (TPSA) is 77.2 Å². The molecule has 0 aliphatic rings. The number of hydrogen-bond acceptors (Lipinski definition) is 5. The van der Waals surface area contributed by atoms with E-state index in [0.717, 1.165) is 12.8 Å². The van der Waals surface area contributed by atoms with Gasteiger partial charge in [-0.25, -0.2) is 4.98 Å². The van der Waals surface area contributed by atoms with E-state index < -0.39 is 0 Å². The Morgan fingerprint density at radius 2 is 2.07 bits per heavy atom. The number of oxazole rings is 1. The van der Waals surface area contributed by atoms with E-state index >= 15 is 0 Å². The molecule has 4 aromatic rings. The number of pyridine rings is 1. The van der Waals surface area contributed by atoms with Gasteiger partial charge in [-0.2, -0.15) is 4.98 Å². The summed E-state index contributed by atoms with van der Waals surface area (Å²) in [5.74, 6) is 0.770. The summed E-state index contributed by atoms with van der Waals surface area (Å²) in [5.41, 5.74) is 2.72. The fraction of sp³-hybridized carbons (Fsp3) is 0.174. The zero-order valence-electron chi connectivity index (χ0n) is 16.4. The second-order valence-electron chi connectivity index (χ2n) is 6.72. The number of anilines is 1. The molecule has 4 rings (SSSR count). The fourth-order valence-corrected chi connectivity index (χ4v) is 3.11. The van der Waals surface area contributed by atoms with Gasteiger partial charge >= 0.3 is 0 Å². The van der Waals surface area contributed by atoms with Crippen LogP contribution in [0.4, 0.5) is 5.69 Å². The highest BCUT2D eigenvalue weighted by atomic mass is 35.5. The van der Waals surface area contributed by atoms with E-state index in [-0.39, 0.29) is 5.91 Å². The first-order chi connectivity index (χ1) is 14.6. The molecule has 0 saturated carbocycles. The molecule has 2 aromatic carbocycles. The smallest absolute Gasteiger partial charge is 0.255 e. The molecule has 1 amide bonds. The number of aromatic nitrogens is 2. The molecule has 0 bridgehead atoms. The van der Waals surface area contributed by atoms with Crippen LogP contribution in [-0.4, -0.2) is 22.5 Å². The average molecular weight is 422 g/mol. The van der Waals surface area contributed by atoms with Crippen molar-refractivity contribution in [3.63, 3.8) is 0 Å². The molecule has 0 atom stereocenters. The van der Waals surface area contributed by atoms with Crippen LogP contribution in [0.1, 0.15) is 30.1 Å². The molecule has 2 heterocycles. The summed E-state index contributed by atoms with van der Waals surface area (Å²) in [4.78, 5) is 21.3. The highest BCUT2D eigenvalue weighted by Gasteiger charge is 2.14. The molecule has 30 heavy (non-hydrogen) atoms. The van der Waals surface area contributed by atoms with Crippen LogP contribution in [-0.2, 0) is 0 Å². The Morgan fingerprint density at radius 1 is 1.17 bits per heavy atom. The Bertz CT molecular complexity index is 1160. The van der Waals surface area contributed by atoms with E-state index in [9.17, 15) is 4.79 Å². The number of amides is 1. The third-order valence-corrected chi connectivity index (χ3v) is 4.81. The predicted octanol–water partition coefficient (Wildman–Crippen LogP) is 5.97. The minimum Gasteiger partial charge on any atom is -0.494 e. The summed E-state index contributed by atoms with van der Waals surface area (Å²) in [6.45, 7) is 2.73. The molecule has 6 nitrogen and oxygen atoms in total. The number of carbonyl (C=O) groups is 1. The number of benzene rings is 2. The third-order valence-electron chi connectivity index (χ3n) is 4.48. The molecule has 2 aromatic heterocycles. The standard InChI is InChI=1S/C23H20ClN3O3/c1-2-3-12-29-17-7-4-6-15(13-17)22(28)26-16-9-10-19(24)18(14-16)23-27-21-20(30-23)8-5-11-25-21/h4-11,13-14H,2-3,12H2,1H3,(H,26,28). The van der Waals surface area contributed by atoms with E-state index in [1.165, 1.54) is 0 Å². The number of rotatable bonds is 7. The lowest BCUT2D eigenvalue weighted by molar-refractivity contribution is 0.102. The van der Waals surface area contributed by atoms with Crippen molar-refractivity contribution < 1.29 is 13.9 Å². The number of unbranched alkanes of at least 4 members (excludes halogenated alkanes) is 1. The van der Waals surface area contributed by atoms with E-state index in [1.807, 2.05) is 6.07 Å². The van der Waals surface area contributed by atoms with Gasteiger partial charge in [0.1, 0.15) is 5.75 Å². The van der Waals surface area contributed by atoms with Gasteiger partial charge in [-0.15, -0.1) is 0 Å². The second-order valence-corrected chi connectivity index (χ2v) is 7.13. The van der Waals surface area contributed by atoms with Gasteiger partial charge in [-0.1, -0.05) is 31.0 Å². The number of carbonyl (C=O) groups excluding carboxylic acids is 1. The molecule has 7 heteroatoms. The van der Waals surface area contributed by atoms with Gasteiger partial charge in [0, 0.05) is 17.4 Å². The summed E-state index contributed by atoms with van der Waals surface area (Å²) < 4.78 is 11.4. The first-order valence-corrected chi connectivity index (χ1v) is 10.1. The highest BCUT2D eigenvalue weighted by molar-refractivity contribution is 6.33. The van der Waals surface area contributed by atoms with Gasteiger partial charge in [0.2, 0.25) is 5.89 Å². The third kappa shape index (κ3) is 4.44. The number of hydrogen-bond donors (Lipinski definition) is 1. The predicted molar refractivity (Wildman–Crippen MR) is 117 cm³/mol. The Labute approximate surface area is 178 Å². The van der Waals surface area contributed by atoms with Crippen LogP contribution in [0.25, 0.3) is 22.7 Å². The number of halogens is 1. The molecule has 1 N–H and O–H groups in total. The Morgan fingerprint density at radius 3 is 2.90 bits per heavy atom. The van der Waals surface area contributed by atoms with Crippen molar-refractivity contribution in [3.05, 3.63) is 71.4 Å². The molecule has 0 fully saturated rings. The maximum absolute atomic E-state index is 12.7. The minimum atomic E-state index is -0.247. The van der Waals surface area contributed by atoms with Crippen molar-refractivity contribution in [1.29, 1.82) is 0 Å². The largest absolute Gasteiger partial charge is 0.494 e. The van der Waals surface area contributed by atoms with Crippen LogP contribution in [0, 0.1) is 0 Å². The minimum absolute atomic E-state index is 0.247. The van der Waals surface area contributed by atoms with Crippen LogP contribution in [0.3, 0.4) is 0 Å². The van der Waals surface area contributed by atoms with Gasteiger partial charge in [0.05, 0.1) is 17.2 Å². The van der Waals surface area contributed by atoms with E-state index in [4.69, 9.17) is 20.8 Å². The normalized spacial score (nSPS) is 10.9. The van der Waals surface area contributed by atoms with Gasteiger partial charge < -0.3 is 14.5 Å². The Balaban J connectivity index is 1.54. The van der Waals surface area contributed by atoms with Crippen molar-refractivity contribution in [2.24, 2.45) is 0 Å². The summed E-state index contributed by atoms with van der Waals surface area (Å²) >= 11 is 6.34. The van der Waals surface area contributed by atoms with Gasteiger partial charge in [0.15, 0.2) is 11.2 Å². The summed E-state index contributed by atoms with van der Waals surface area (Å²) in [7, 11) is 0. The summed E-state index contributed by atoms with van der Waals surface area (Å²) in [6, 6.07) is 15.8. The number of fused-ring (bicyclic) bond motifs is 1. The zero-order valence-corrected chi connectivity index (χ0v) is 17.1. The second kappa shape index (κ2) is 8.97. The first-order valence-electron chi connectivity index (χ1n) is 9.70. The molecule has 0 radical (unpaired) electrons. The fourth-order valence-electron chi connectivity index (χ4n) is 2.92. The highest BCUT2D eigenvalue weighted by Crippen LogP contribution is 2.32. The Hall–Kier alpha value is -3.38. The lowest BCUT2D eigenvalue weighted by Gasteiger charge is -2.09. The molecular formula is C23H20ClN3O3. The van der Waals surface area contributed by atoms with Crippen LogP contribution in [0.15, 0.2) is 65.2 Å². The first kappa shape index (κ1) is 19.9. The van der Waals surface area contributed by atoms with Crippen molar-refractivity contribution >= 4 is 34.4 Å². The maximum atomic E-state index is 12.7. The Kier molecular flexibility index (Phi) is 5.95. The van der Waals surface area contributed by atoms with Crippen molar-refractivity contribution in [1.82, 2.24) is 9.97 Å². The quantitative estimate of drug-likeness (QED) is 0.372. The molecule has 0 aliphatic carbocycles. The molecule has 0 unspecified atom stereocenters. The maximum Gasteiger partial charge on any atom is 0.255 e. The van der Waals surface area contributed by atoms with Gasteiger partial charge in [-0.05, 0) is 55.0 Å². The number of nitrogens with one attached hydrogen (secondary N) is 1. The summed E-state index contributed by atoms with van der Waals surface area (Å²) in [5, 5.41) is 3.35. The molecule has 0 aliphatic heterocycles. The number of ether oxygens (including phenoxy) is 1. The zero-order chi connectivity index (χ0) is 20.9. The number of nitrogens with zero attached hydrogens (tertiary/aromatic N) is 2. The van der Waals surface area contributed by atoms with Crippen LogP contribution >= 0.6 is 11.6 Å². The van der Waals surface area contributed by atoms with E-state index in [0.29, 0.717) is 51.3 Å². The molecule has 152 valence electrons. The van der Waals surface area contributed by atoms with E-state index in [2.05, 4.69) is 22.2 Å². The lowest BCUT2D eigenvalue weighted by Crippen LogP contribution is -2.12. The molecular weight excluding hydrogens is 402 g/mol. The lowest BCUT2D eigenvalue weighted by atomic mass is 10.1. The van der Waals surface area contributed by atoms with E-state index in [1.54, 1.807) is 54.7 Å². The van der Waals surface area contributed by atoms with Crippen LogP contribution < -0.4 is 10.1 Å². The molecule has 0 spiro atoms. The van der Waals surface area contributed by atoms with Gasteiger partial charge in [0.25, 0.3) is 5.91 Å². The van der Waals surface area contributed by atoms with Crippen molar-refractivity contribution in [2.75, 3.05) is 11.9 Å². The average Bonchev–Trinajstić information content (AvgIpc) is 3.19. The SMILES string of the molecule is CCCCOc1cccc(C(=O)Nc2ccc(Cl)c(-c3nc4ncccc4o3)c2)c1. The molecule has 0 saturated heterocycles. The summed E-state index contributed by atoms with van der Waals surface area (Å²) in [6.07, 6.45) is 3.66. The van der Waals surface area contributed by atoms with Crippen molar-refractivity contribution in [3.8, 4) is 17.2 Å². The van der Waals surface area contributed by atoms with Crippen LogP contribution in [0.5, 0.6) is 5.75 Å². The van der Waals surface area contributed by atoms with Crippen molar-refractivity contribution in [2.45, 2.75) is 19.8 Å². The monoisotopic (exact) mass is 421 g/mol. The van der Waals surface area contributed by atoms with Crippen LogP contribution in [0.2, 0.25) is 5.02 Å².